The Morgan fingerprint density at radius 1 is 1.43 bits per heavy atom. The molecule has 0 aliphatic rings. The number of aromatic hydroxyl groups is 1. The fourth-order valence-electron chi connectivity index (χ4n) is 1.09. The van der Waals surface area contributed by atoms with Crippen LogP contribution in [0.2, 0.25) is 0 Å². The summed E-state index contributed by atoms with van der Waals surface area (Å²) < 4.78 is 0. The molecule has 0 unspecified atom stereocenters. The zero-order valence-electron chi connectivity index (χ0n) is 7.55. The molecule has 1 aromatic carbocycles. The minimum atomic E-state index is -0.993. The van der Waals surface area contributed by atoms with Gasteiger partial charge in [0.1, 0.15) is 5.75 Å². The minimum absolute atomic E-state index is 0.159. The van der Waals surface area contributed by atoms with Gasteiger partial charge in [0, 0.05) is 6.42 Å². The highest BCUT2D eigenvalue weighted by Gasteiger charge is 2.14. The van der Waals surface area contributed by atoms with E-state index >= 15 is 0 Å². The Morgan fingerprint density at radius 3 is 2.43 bits per heavy atom. The van der Waals surface area contributed by atoms with E-state index in [0.29, 0.717) is 6.42 Å². The van der Waals surface area contributed by atoms with E-state index in [2.05, 4.69) is 11.7 Å². The number of hydrogen-bond donors (Lipinski definition) is 2. The van der Waals surface area contributed by atoms with E-state index < -0.39 is 12.0 Å². The summed E-state index contributed by atoms with van der Waals surface area (Å²) >= 11 is 0. The van der Waals surface area contributed by atoms with E-state index in [1.165, 1.54) is 12.1 Å². The number of aliphatic imine (C=N–C) groups is 1. The predicted octanol–water partition coefficient (Wildman–Crippen LogP) is 1.09. The highest BCUT2D eigenvalue weighted by atomic mass is 16.4. The molecule has 0 saturated carbocycles. The third kappa shape index (κ3) is 2.58. The number of phenols is 1. The normalized spacial score (nSPS) is 12.0. The van der Waals surface area contributed by atoms with Crippen LogP contribution in [0, 0.1) is 0 Å². The highest BCUT2D eigenvalue weighted by Crippen LogP contribution is 2.12. The van der Waals surface area contributed by atoms with E-state index in [9.17, 15) is 4.79 Å². The fourth-order valence-corrected chi connectivity index (χ4v) is 1.09. The lowest BCUT2D eigenvalue weighted by Gasteiger charge is -2.06. The van der Waals surface area contributed by atoms with Crippen molar-refractivity contribution in [2.45, 2.75) is 12.5 Å². The number of carboxylic acid groups (broad SMARTS) is 1. The van der Waals surface area contributed by atoms with Crippen LogP contribution in [0.1, 0.15) is 5.56 Å². The molecule has 0 spiro atoms. The molecule has 14 heavy (non-hydrogen) atoms. The van der Waals surface area contributed by atoms with Crippen LogP contribution in [-0.2, 0) is 11.2 Å². The van der Waals surface area contributed by atoms with Crippen molar-refractivity contribution >= 4 is 12.7 Å². The number of aliphatic carboxylic acids is 1. The molecule has 1 aromatic rings. The van der Waals surface area contributed by atoms with E-state index in [4.69, 9.17) is 10.2 Å². The van der Waals surface area contributed by atoms with Crippen LogP contribution >= 0.6 is 0 Å². The molecule has 0 heterocycles. The summed E-state index contributed by atoms with van der Waals surface area (Å²) in [4.78, 5) is 14.1. The highest BCUT2D eigenvalue weighted by molar-refractivity contribution is 5.74. The summed E-state index contributed by atoms with van der Waals surface area (Å²) in [5.74, 6) is -0.833. The number of carbonyl (C=O) groups is 1. The number of phenolic OH excluding ortho intramolecular Hbond substituents is 1. The zero-order chi connectivity index (χ0) is 10.6. The van der Waals surface area contributed by atoms with E-state index in [0.717, 1.165) is 5.56 Å². The lowest BCUT2D eigenvalue weighted by molar-refractivity contribution is -0.138. The second kappa shape index (κ2) is 4.41. The molecule has 0 aliphatic carbocycles. The van der Waals surface area contributed by atoms with Gasteiger partial charge in [0.2, 0.25) is 0 Å². The van der Waals surface area contributed by atoms with Gasteiger partial charge in [0.05, 0.1) is 0 Å². The molecule has 0 radical (unpaired) electrons. The zero-order valence-corrected chi connectivity index (χ0v) is 7.55. The van der Waals surface area contributed by atoms with Gasteiger partial charge in [-0.2, -0.15) is 0 Å². The van der Waals surface area contributed by atoms with Gasteiger partial charge in [-0.05, 0) is 24.4 Å². The lowest BCUT2D eigenvalue weighted by Crippen LogP contribution is -2.20. The molecule has 0 bridgehead atoms. The van der Waals surface area contributed by atoms with Gasteiger partial charge in [-0.3, -0.25) is 4.99 Å². The summed E-state index contributed by atoms with van der Waals surface area (Å²) in [6.45, 7) is 3.22. The smallest absolute Gasteiger partial charge is 0.328 e. The first-order valence-electron chi connectivity index (χ1n) is 4.10. The quantitative estimate of drug-likeness (QED) is 0.703. The number of rotatable bonds is 4. The molecule has 2 N–H and O–H groups in total. The third-order valence-corrected chi connectivity index (χ3v) is 1.87. The first kappa shape index (κ1) is 10.2. The summed E-state index contributed by atoms with van der Waals surface area (Å²) in [6, 6.07) is 5.53. The lowest BCUT2D eigenvalue weighted by atomic mass is 10.1. The molecule has 4 nitrogen and oxygen atoms in total. The summed E-state index contributed by atoms with van der Waals surface area (Å²) in [5, 5.41) is 17.7. The number of benzene rings is 1. The summed E-state index contributed by atoms with van der Waals surface area (Å²) in [7, 11) is 0. The van der Waals surface area contributed by atoms with Crippen molar-refractivity contribution in [1.82, 2.24) is 0 Å². The van der Waals surface area contributed by atoms with Crippen LogP contribution < -0.4 is 0 Å². The van der Waals surface area contributed by atoms with E-state index in [1.54, 1.807) is 12.1 Å². The second-order valence-corrected chi connectivity index (χ2v) is 2.91. The molecule has 1 rings (SSSR count). The Labute approximate surface area is 81.5 Å². The number of carboxylic acids is 1. The van der Waals surface area contributed by atoms with Crippen LogP contribution in [0.15, 0.2) is 29.3 Å². The van der Waals surface area contributed by atoms with Gasteiger partial charge in [0.25, 0.3) is 0 Å². The molecule has 1 atom stereocenters. The molecule has 0 amide bonds. The summed E-state index contributed by atoms with van der Waals surface area (Å²) in [5.41, 5.74) is 0.808. The molecule has 0 aliphatic heterocycles. The van der Waals surface area contributed by atoms with Gasteiger partial charge in [-0.15, -0.1) is 0 Å². The molecule has 0 fully saturated rings. The van der Waals surface area contributed by atoms with Gasteiger partial charge in [-0.1, -0.05) is 12.1 Å². The van der Waals surface area contributed by atoms with Crippen molar-refractivity contribution in [3.8, 4) is 5.75 Å². The second-order valence-electron chi connectivity index (χ2n) is 2.91. The molecular formula is C10H11NO3. The Morgan fingerprint density at radius 2 is 2.00 bits per heavy atom. The Hall–Kier alpha value is -1.84. The maximum Gasteiger partial charge on any atom is 0.328 e. The van der Waals surface area contributed by atoms with Gasteiger partial charge in [-0.25, -0.2) is 4.79 Å². The first-order chi connectivity index (χ1) is 6.63. The van der Waals surface area contributed by atoms with Gasteiger partial charge >= 0.3 is 5.97 Å². The van der Waals surface area contributed by atoms with Crippen LogP contribution in [0.4, 0.5) is 0 Å². The predicted molar refractivity (Wildman–Crippen MR) is 52.8 cm³/mol. The van der Waals surface area contributed by atoms with Gasteiger partial charge in [0.15, 0.2) is 6.04 Å². The first-order valence-corrected chi connectivity index (χ1v) is 4.10. The SMILES string of the molecule is C=N[C@@H](Cc1ccc(O)cc1)C(=O)O. The van der Waals surface area contributed by atoms with Gasteiger partial charge < -0.3 is 10.2 Å². The topological polar surface area (TPSA) is 69.9 Å². The van der Waals surface area contributed by atoms with Crippen LogP contribution in [0.3, 0.4) is 0 Å². The average molecular weight is 193 g/mol. The van der Waals surface area contributed by atoms with Crippen molar-refractivity contribution in [3.63, 3.8) is 0 Å². The maximum absolute atomic E-state index is 10.6. The van der Waals surface area contributed by atoms with Crippen molar-refractivity contribution in [1.29, 1.82) is 0 Å². The molecule has 4 heteroatoms. The van der Waals surface area contributed by atoms with E-state index in [1.807, 2.05) is 0 Å². The fraction of sp³-hybridized carbons (Fsp3) is 0.200. The van der Waals surface area contributed by atoms with Crippen LogP contribution in [-0.4, -0.2) is 28.9 Å². The largest absolute Gasteiger partial charge is 0.508 e. The van der Waals surface area contributed by atoms with Crippen LogP contribution in [0.5, 0.6) is 5.75 Å². The Balaban J connectivity index is 2.72. The minimum Gasteiger partial charge on any atom is -0.508 e. The third-order valence-electron chi connectivity index (χ3n) is 1.87. The molecule has 0 saturated heterocycles. The molecule has 0 aromatic heterocycles. The summed E-state index contributed by atoms with van der Waals surface area (Å²) in [6.07, 6.45) is 0.291. The Bertz CT molecular complexity index is 332. The van der Waals surface area contributed by atoms with Crippen molar-refractivity contribution in [2.24, 2.45) is 4.99 Å². The standard InChI is InChI=1S/C10H11NO3/c1-11-9(10(13)14)6-7-2-4-8(12)5-3-7/h2-5,9,12H,1,6H2,(H,13,14)/t9-/m0/s1. The maximum atomic E-state index is 10.6. The van der Waals surface area contributed by atoms with Crippen molar-refractivity contribution in [3.05, 3.63) is 29.8 Å². The van der Waals surface area contributed by atoms with Crippen LogP contribution in [0.25, 0.3) is 0 Å². The van der Waals surface area contributed by atoms with Crippen molar-refractivity contribution < 1.29 is 15.0 Å². The molecular weight excluding hydrogens is 182 g/mol. The van der Waals surface area contributed by atoms with E-state index in [-0.39, 0.29) is 5.75 Å². The monoisotopic (exact) mass is 193 g/mol. The number of hydrogen-bond acceptors (Lipinski definition) is 3. The number of nitrogens with zero attached hydrogens (tertiary/aromatic N) is 1. The average Bonchev–Trinajstić information content (AvgIpc) is 2.16. The molecule has 74 valence electrons. The Kier molecular flexibility index (Phi) is 3.23. The van der Waals surface area contributed by atoms with Crippen molar-refractivity contribution in [2.75, 3.05) is 0 Å².